The Morgan fingerprint density at radius 3 is 2.49 bits per heavy atom. The van der Waals surface area contributed by atoms with Crippen LogP contribution in [0.15, 0.2) is 54.7 Å². The molecule has 4 amide bonds. The molecule has 2 saturated carbocycles. The van der Waals surface area contributed by atoms with Gasteiger partial charge in [-0.25, -0.2) is 13.4 Å². The number of fused-ring (bicyclic) bond motifs is 4. The number of nitrogens with one attached hydrogen (secondary N) is 2. The van der Waals surface area contributed by atoms with E-state index in [9.17, 15) is 32.4 Å². The Morgan fingerprint density at radius 1 is 1.00 bits per heavy atom. The summed E-state index contributed by atoms with van der Waals surface area (Å²) in [5, 5.41) is 2.31. The molecule has 7 rings (SSSR count). The highest BCUT2D eigenvalue weighted by Crippen LogP contribution is 2.47. The number of esters is 1. The lowest BCUT2D eigenvalue weighted by molar-refractivity contribution is -0.159. The zero-order chi connectivity index (χ0) is 40.7. The first kappa shape index (κ1) is 40.4. The molecule has 0 radical (unpaired) electrons. The average Bonchev–Trinajstić information content (AvgIpc) is 4.07. The number of carbonyl (C=O) groups is 5. The second-order valence-corrected chi connectivity index (χ2v) is 19.2. The van der Waals surface area contributed by atoms with Gasteiger partial charge in [-0.15, -0.1) is 0 Å². The summed E-state index contributed by atoms with van der Waals surface area (Å²) in [5.74, 6) is -3.88. The van der Waals surface area contributed by atoms with Gasteiger partial charge in [-0.2, -0.15) is 0 Å². The van der Waals surface area contributed by atoms with Crippen LogP contribution < -0.4 is 14.8 Å². The van der Waals surface area contributed by atoms with Gasteiger partial charge in [0.05, 0.1) is 18.8 Å². The molecule has 3 aliphatic heterocycles. The molecule has 6 atom stereocenters. The van der Waals surface area contributed by atoms with Crippen LogP contribution in [0.25, 0.3) is 11.1 Å². The first-order valence-electron chi connectivity index (χ1n) is 20.1. The number of nitrogens with zero attached hydrogens (tertiary/aromatic N) is 3. The maximum absolute atomic E-state index is 14.7. The third-order valence-electron chi connectivity index (χ3n) is 11.8. The molecule has 15 heteroatoms. The fourth-order valence-electron chi connectivity index (χ4n) is 8.64. The van der Waals surface area contributed by atoms with Crippen molar-refractivity contribution < 1.29 is 41.9 Å². The van der Waals surface area contributed by atoms with Crippen LogP contribution in [0.4, 0.5) is 0 Å². The highest BCUT2D eigenvalue weighted by molar-refractivity contribution is 7.91. The van der Waals surface area contributed by atoms with Crippen LogP contribution in [0, 0.1) is 23.7 Å². The van der Waals surface area contributed by atoms with E-state index in [0.717, 1.165) is 24.0 Å². The molecule has 4 fully saturated rings. The predicted octanol–water partition coefficient (Wildman–Crippen LogP) is 4.01. The number of methoxy groups -OCH3 is 1. The molecule has 1 aromatic heterocycles. The van der Waals surface area contributed by atoms with Crippen molar-refractivity contribution in [2.24, 2.45) is 23.7 Å². The lowest BCUT2D eigenvalue weighted by Gasteiger charge is -2.33. The molecule has 14 nitrogen and oxygen atoms in total. The number of hydrogen-bond acceptors (Lipinski definition) is 10. The van der Waals surface area contributed by atoms with Crippen LogP contribution in [0.1, 0.15) is 88.9 Å². The smallest absolute Gasteiger partial charge is 0.307 e. The molecule has 4 heterocycles. The number of aromatic nitrogens is 1. The van der Waals surface area contributed by atoms with Gasteiger partial charge >= 0.3 is 5.97 Å². The lowest BCUT2D eigenvalue weighted by atomic mass is 9.92. The SMILES string of the molecule is COc1ccc(-c2cccc(C(=O)N3C[C@H]4CN5C(=O)[C@@H](CC(=O)OC(C)(C)C)CCCCC/C=C\[C@@H]6C[C@@]6(C(=O)NS(=O)(=O)C6CC6)NC(=O)[C@@H]5[C@H]4C3)c2)cn1. The maximum atomic E-state index is 14.7. The van der Waals surface area contributed by atoms with E-state index in [2.05, 4.69) is 15.0 Å². The second kappa shape index (κ2) is 15.9. The van der Waals surface area contributed by atoms with Crippen molar-refractivity contribution in [2.45, 2.75) is 101 Å². The first-order valence-corrected chi connectivity index (χ1v) is 21.6. The number of hydrogen-bond donors (Lipinski definition) is 2. The summed E-state index contributed by atoms with van der Waals surface area (Å²) >= 11 is 0. The predicted molar refractivity (Wildman–Crippen MR) is 210 cm³/mol. The number of ether oxygens (including phenoxy) is 2. The molecule has 306 valence electrons. The normalized spacial score (nSPS) is 28.5. The fourth-order valence-corrected chi connectivity index (χ4v) is 10.0. The number of carbonyl (C=O) groups excluding carboxylic acids is 5. The first-order chi connectivity index (χ1) is 27.1. The van der Waals surface area contributed by atoms with Gasteiger partial charge in [-0.05, 0) is 83.1 Å². The van der Waals surface area contributed by atoms with Gasteiger partial charge in [-0.3, -0.25) is 28.7 Å². The van der Waals surface area contributed by atoms with Gasteiger partial charge in [0.15, 0.2) is 0 Å². The highest BCUT2D eigenvalue weighted by atomic mass is 32.2. The number of sulfonamides is 1. The maximum Gasteiger partial charge on any atom is 0.307 e. The molecule has 2 saturated heterocycles. The number of rotatable bonds is 8. The molecule has 57 heavy (non-hydrogen) atoms. The minimum absolute atomic E-state index is 0.145. The third kappa shape index (κ3) is 8.87. The summed E-state index contributed by atoms with van der Waals surface area (Å²) in [6.45, 7) is 5.95. The van der Waals surface area contributed by atoms with E-state index < -0.39 is 68.0 Å². The molecule has 2 aliphatic carbocycles. The Bertz CT molecular complexity index is 2040. The molecule has 0 bridgehead atoms. The Labute approximate surface area is 334 Å². The van der Waals surface area contributed by atoms with Crippen molar-refractivity contribution in [3.8, 4) is 17.0 Å². The topological polar surface area (TPSA) is 181 Å². The molecule has 2 N–H and O–H groups in total. The van der Waals surface area contributed by atoms with Crippen LogP contribution in [0.3, 0.4) is 0 Å². The summed E-state index contributed by atoms with van der Waals surface area (Å²) < 4.78 is 38.9. The number of allylic oxidation sites excluding steroid dienone is 1. The van der Waals surface area contributed by atoms with Crippen molar-refractivity contribution in [1.29, 1.82) is 0 Å². The van der Waals surface area contributed by atoms with Gasteiger partial charge in [0.25, 0.3) is 11.8 Å². The number of benzene rings is 1. The lowest BCUT2D eigenvalue weighted by Crippen LogP contribution is -2.58. The van der Waals surface area contributed by atoms with E-state index in [1.54, 1.807) is 56.1 Å². The zero-order valence-corrected chi connectivity index (χ0v) is 33.9. The Balaban J connectivity index is 1.17. The van der Waals surface area contributed by atoms with Gasteiger partial charge in [0.2, 0.25) is 27.7 Å². The summed E-state index contributed by atoms with van der Waals surface area (Å²) in [5.41, 5.74) is -0.195. The molecule has 5 aliphatic rings. The van der Waals surface area contributed by atoms with Crippen LogP contribution in [-0.2, 0) is 33.9 Å². The standard InChI is InChI=1S/C42H53N5O9S/c1-41(2,3)56-35(48)20-28-11-8-6-5-7-9-14-31-21-42(31,40(52)45-57(53,54)32-16-17-32)44-37(49)36-33-25-46(23-30(33)24-47(36)39(28)51)38(50)27-13-10-12-26(19-27)29-15-18-34(55-4)43-22-29/h9-10,12-15,18-19,22,28,30-33,36H,5-8,11,16-17,20-21,23-25H2,1-4H3,(H,44,49)(H,45,52)/b14-9-/t28-,30+,31-,33+,36+,42-/m1/s1. The minimum Gasteiger partial charge on any atom is -0.481 e. The summed E-state index contributed by atoms with van der Waals surface area (Å²) in [4.78, 5) is 78.0. The van der Waals surface area contributed by atoms with Crippen molar-refractivity contribution in [3.63, 3.8) is 0 Å². The zero-order valence-electron chi connectivity index (χ0n) is 33.1. The Hall–Kier alpha value is -4.79. The van der Waals surface area contributed by atoms with E-state index in [1.807, 2.05) is 24.3 Å². The molecule has 2 aromatic rings. The summed E-state index contributed by atoms with van der Waals surface area (Å²) in [7, 11) is -2.37. The quantitative estimate of drug-likeness (QED) is 0.293. The van der Waals surface area contributed by atoms with Crippen LogP contribution in [0.2, 0.25) is 0 Å². The van der Waals surface area contributed by atoms with Crippen molar-refractivity contribution in [3.05, 3.63) is 60.3 Å². The number of likely N-dealkylation sites (tertiary alicyclic amines) is 1. The molecule has 0 unspecified atom stereocenters. The summed E-state index contributed by atoms with van der Waals surface area (Å²) in [6, 6.07) is 9.76. The highest BCUT2D eigenvalue weighted by Gasteiger charge is 2.63. The van der Waals surface area contributed by atoms with Crippen LogP contribution in [-0.4, -0.2) is 102 Å². The molecule has 1 aromatic carbocycles. The number of amides is 4. The third-order valence-corrected chi connectivity index (χ3v) is 13.6. The molecule has 0 spiro atoms. The number of pyridine rings is 1. The van der Waals surface area contributed by atoms with Gasteiger partial charge in [-0.1, -0.05) is 37.1 Å². The van der Waals surface area contributed by atoms with E-state index in [-0.39, 0.29) is 43.7 Å². The van der Waals surface area contributed by atoms with Crippen molar-refractivity contribution >= 4 is 39.6 Å². The molecular weight excluding hydrogens is 751 g/mol. The average molecular weight is 804 g/mol. The van der Waals surface area contributed by atoms with Gasteiger partial charge in [0.1, 0.15) is 17.2 Å². The minimum atomic E-state index is -3.91. The van der Waals surface area contributed by atoms with Gasteiger partial charge in [0, 0.05) is 66.7 Å². The van der Waals surface area contributed by atoms with Crippen LogP contribution in [0.5, 0.6) is 5.88 Å². The monoisotopic (exact) mass is 803 g/mol. The van der Waals surface area contributed by atoms with E-state index in [4.69, 9.17) is 9.47 Å². The van der Waals surface area contributed by atoms with E-state index in [1.165, 1.54) is 12.0 Å². The van der Waals surface area contributed by atoms with Gasteiger partial charge < -0.3 is 24.6 Å². The fraction of sp³-hybridized carbons (Fsp3) is 0.571. The van der Waals surface area contributed by atoms with Crippen molar-refractivity contribution in [2.75, 3.05) is 26.7 Å². The Kier molecular flexibility index (Phi) is 11.2. The second-order valence-electron chi connectivity index (χ2n) is 17.2. The molecular formula is C42H53N5O9S. The van der Waals surface area contributed by atoms with Crippen LogP contribution >= 0.6 is 0 Å². The van der Waals surface area contributed by atoms with E-state index >= 15 is 0 Å². The van der Waals surface area contributed by atoms with Crippen molar-refractivity contribution in [1.82, 2.24) is 24.8 Å². The largest absolute Gasteiger partial charge is 0.481 e. The van der Waals surface area contributed by atoms with E-state index in [0.29, 0.717) is 50.1 Å². The summed E-state index contributed by atoms with van der Waals surface area (Å²) in [6.07, 6.45) is 9.96. The Morgan fingerprint density at radius 2 is 1.79 bits per heavy atom.